The highest BCUT2D eigenvalue weighted by Crippen LogP contribution is 2.29. The number of rotatable bonds is 7. The summed E-state index contributed by atoms with van der Waals surface area (Å²) in [5.41, 5.74) is 2.80. The molecule has 0 aromatic rings. The molecule has 1 nitrogen and oxygen atoms in total. The lowest BCUT2D eigenvalue weighted by molar-refractivity contribution is 0.130. The highest BCUT2D eigenvalue weighted by molar-refractivity contribution is 7.13. The van der Waals surface area contributed by atoms with Gasteiger partial charge in [-0.25, -0.2) is 0 Å². The average molecular weight is 247 g/mol. The Balaban J connectivity index is 1.74. The molecule has 0 unspecified atom stereocenters. The lowest BCUT2D eigenvalue weighted by Crippen LogP contribution is -1.97. The van der Waals surface area contributed by atoms with Crippen molar-refractivity contribution in [2.75, 3.05) is 13.2 Å². The standard InChI is InChI=1S/C15H19OS/c1-2-3-8-16-9-4-6-13-11-14-7-5-10-17-15(14)12-13/h5,7,10-12H,1-4,6,8-9H2. The van der Waals surface area contributed by atoms with Crippen LogP contribution in [0, 0.1) is 6.92 Å². The quantitative estimate of drug-likeness (QED) is 0.658. The highest BCUT2D eigenvalue weighted by Gasteiger charge is 2.05. The minimum Gasteiger partial charge on any atom is -0.381 e. The lowest BCUT2D eigenvalue weighted by atomic mass is 10.2. The molecule has 91 valence electrons. The first-order valence-electron chi connectivity index (χ1n) is 6.23. The van der Waals surface area contributed by atoms with E-state index in [4.69, 9.17) is 4.74 Å². The second-order valence-electron chi connectivity index (χ2n) is 4.22. The monoisotopic (exact) mass is 247 g/mol. The van der Waals surface area contributed by atoms with Crippen molar-refractivity contribution in [3.8, 4) is 10.4 Å². The summed E-state index contributed by atoms with van der Waals surface area (Å²) in [4.78, 5) is 1.39. The zero-order chi connectivity index (χ0) is 11.9. The van der Waals surface area contributed by atoms with Crippen molar-refractivity contribution in [2.24, 2.45) is 0 Å². The minimum absolute atomic E-state index is 0.856. The van der Waals surface area contributed by atoms with E-state index in [1.54, 1.807) is 0 Å². The third-order valence-electron chi connectivity index (χ3n) is 2.78. The largest absolute Gasteiger partial charge is 0.381 e. The Labute approximate surface area is 108 Å². The molecular formula is C15H19OS. The molecule has 0 fully saturated rings. The predicted octanol–water partition coefficient (Wildman–Crippen LogP) is 4.42. The predicted molar refractivity (Wildman–Crippen MR) is 74.7 cm³/mol. The summed E-state index contributed by atoms with van der Waals surface area (Å²) in [5.74, 6) is 0. The van der Waals surface area contributed by atoms with Gasteiger partial charge in [0.2, 0.25) is 0 Å². The van der Waals surface area contributed by atoms with E-state index in [2.05, 4.69) is 36.6 Å². The van der Waals surface area contributed by atoms with Crippen LogP contribution in [0.25, 0.3) is 10.4 Å². The van der Waals surface area contributed by atoms with Crippen LogP contribution in [-0.4, -0.2) is 13.2 Å². The topological polar surface area (TPSA) is 9.23 Å². The number of hydrogen-bond donors (Lipinski definition) is 0. The van der Waals surface area contributed by atoms with Crippen molar-refractivity contribution >= 4 is 11.3 Å². The van der Waals surface area contributed by atoms with Crippen molar-refractivity contribution < 1.29 is 4.74 Å². The van der Waals surface area contributed by atoms with Crippen LogP contribution < -0.4 is 0 Å². The molecule has 1 heterocycles. The Hall–Kier alpha value is -0.860. The van der Waals surface area contributed by atoms with Gasteiger partial charge in [-0.2, -0.15) is 0 Å². The van der Waals surface area contributed by atoms with E-state index in [0.29, 0.717) is 0 Å². The van der Waals surface area contributed by atoms with Crippen LogP contribution in [0.4, 0.5) is 0 Å². The van der Waals surface area contributed by atoms with Crippen LogP contribution in [0.1, 0.15) is 24.8 Å². The molecule has 0 saturated carbocycles. The Bertz CT molecular complexity index is 377. The smallest absolute Gasteiger partial charge is 0.0469 e. The molecule has 1 aliphatic heterocycles. The van der Waals surface area contributed by atoms with E-state index in [-0.39, 0.29) is 0 Å². The van der Waals surface area contributed by atoms with Crippen molar-refractivity contribution in [3.63, 3.8) is 0 Å². The SMILES string of the molecule is [CH2]CCCOCCCc1cc2cccsc-2c1. The normalized spacial score (nSPS) is 11.1. The summed E-state index contributed by atoms with van der Waals surface area (Å²) in [5, 5.41) is 2.13. The molecular weight excluding hydrogens is 228 g/mol. The first-order valence-corrected chi connectivity index (χ1v) is 7.11. The Kier molecular flexibility index (Phi) is 5.02. The van der Waals surface area contributed by atoms with Gasteiger partial charge in [-0.05, 0) is 41.8 Å². The zero-order valence-electron chi connectivity index (χ0n) is 10.2. The first kappa shape index (κ1) is 12.6. The number of ether oxygens (including phenoxy) is 1. The molecule has 0 amide bonds. The van der Waals surface area contributed by atoms with Crippen molar-refractivity contribution in [1.82, 2.24) is 0 Å². The number of fused-ring (bicyclic) bond motifs is 1. The molecule has 0 aromatic carbocycles. The van der Waals surface area contributed by atoms with E-state index in [1.807, 2.05) is 11.3 Å². The zero-order valence-corrected chi connectivity index (χ0v) is 11.0. The van der Waals surface area contributed by atoms with Crippen LogP contribution in [-0.2, 0) is 11.2 Å². The number of hydrogen-bond acceptors (Lipinski definition) is 2. The Morgan fingerprint density at radius 1 is 1.18 bits per heavy atom. The number of unbranched alkanes of at least 4 members (excludes halogenated alkanes) is 1. The maximum Gasteiger partial charge on any atom is 0.0469 e. The first-order chi connectivity index (χ1) is 8.40. The van der Waals surface area contributed by atoms with Gasteiger partial charge in [0.1, 0.15) is 0 Å². The maximum absolute atomic E-state index is 5.53. The van der Waals surface area contributed by atoms with Gasteiger partial charge in [-0.1, -0.05) is 31.5 Å². The minimum atomic E-state index is 0.856. The maximum atomic E-state index is 5.53. The molecule has 0 bridgehead atoms. The van der Waals surface area contributed by atoms with Gasteiger partial charge in [-0.15, -0.1) is 11.3 Å². The lowest BCUT2D eigenvalue weighted by Gasteiger charge is -2.01. The van der Waals surface area contributed by atoms with Crippen LogP contribution >= 0.6 is 11.3 Å². The summed E-state index contributed by atoms with van der Waals surface area (Å²) < 4.78 is 5.53. The van der Waals surface area contributed by atoms with Crippen LogP contribution in [0.3, 0.4) is 0 Å². The van der Waals surface area contributed by atoms with E-state index in [1.165, 1.54) is 16.0 Å². The Morgan fingerprint density at radius 3 is 2.88 bits per heavy atom. The van der Waals surface area contributed by atoms with Crippen molar-refractivity contribution in [3.05, 3.63) is 42.1 Å². The van der Waals surface area contributed by atoms with Gasteiger partial charge in [-0.3, -0.25) is 0 Å². The van der Waals surface area contributed by atoms with Gasteiger partial charge >= 0.3 is 0 Å². The molecule has 0 N–H and O–H groups in total. The molecule has 2 heteroatoms. The van der Waals surface area contributed by atoms with Crippen LogP contribution in [0.2, 0.25) is 0 Å². The van der Waals surface area contributed by atoms with E-state index < -0.39 is 0 Å². The summed E-state index contributed by atoms with van der Waals surface area (Å²) in [6.45, 7) is 5.52. The summed E-state index contributed by atoms with van der Waals surface area (Å²) in [6.07, 6.45) is 4.27. The van der Waals surface area contributed by atoms with E-state index >= 15 is 0 Å². The second-order valence-corrected chi connectivity index (χ2v) is 5.17. The molecule has 0 atom stereocenters. The van der Waals surface area contributed by atoms with E-state index in [9.17, 15) is 0 Å². The third kappa shape index (κ3) is 3.83. The summed E-state index contributed by atoms with van der Waals surface area (Å²) >= 11 is 1.81. The fourth-order valence-electron chi connectivity index (χ4n) is 1.88. The fraction of sp³-hybridized carbons (Fsp3) is 0.400. The Morgan fingerprint density at radius 2 is 2.06 bits per heavy atom. The van der Waals surface area contributed by atoms with Gasteiger partial charge in [0.15, 0.2) is 0 Å². The molecule has 2 rings (SSSR count). The van der Waals surface area contributed by atoms with Gasteiger partial charge < -0.3 is 4.74 Å². The van der Waals surface area contributed by atoms with Crippen molar-refractivity contribution in [2.45, 2.75) is 25.7 Å². The second kappa shape index (κ2) is 6.77. The molecule has 1 radical (unpaired) electrons. The highest BCUT2D eigenvalue weighted by atomic mass is 32.1. The molecule has 0 spiro atoms. The van der Waals surface area contributed by atoms with Crippen LogP contribution in [0.5, 0.6) is 0 Å². The molecule has 17 heavy (non-hydrogen) atoms. The summed E-state index contributed by atoms with van der Waals surface area (Å²) in [6, 6.07) is 8.89. The van der Waals surface area contributed by atoms with Gasteiger partial charge in [0.05, 0.1) is 0 Å². The average Bonchev–Trinajstić information content (AvgIpc) is 2.76. The molecule has 0 aromatic heterocycles. The molecule has 0 saturated heterocycles. The van der Waals surface area contributed by atoms with Gasteiger partial charge in [0.25, 0.3) is 0 Å². The third-order valence-corrected chi connectivity index (χ3v) is 3.68. The fourth-order valence-corrected chi connectivity index (χ4v) is 2.67. The van der Waals surface area contributed by atoms with Crippen molar-refractivity contribution in [1.29, 1.82) is 0 Å². The molecule has 2 aliphatic rings. The number of aryl methyl sites for hydroxylation is 1. The van der Waals surface area contributed by atoms with E-state index in [0.717, 1.165) is 38.9 Å². The summed E-state index contributed by atoms with van der Waals surface area (Å²) in [7, 11) is 0. The van der Waals surface area contributed by atoms with Crippen LogP contribution in [0.15, 0.2) is 29.6 Å². The molecule has 1 aliphatic carbocycles. The van der Waals surface area contributed by atoms with Gasteiger partial charge in [0, 0.05) is 18.1 Å².